The summed E-state index contributed by atoms with van der Waals surface area (Å²) in [5.41, 5.74) is -0.472. The number of carbonyl (C=O) groups is 2. The highest BCUT2D eigenvalue weighted by Crippen LogP contribution is 2.28. The number of hydrogen-bond acceptors (Lipinski definition) is 3. The zero-order chi connectivity index (χ0) is 16.2. The monoisotopic (exact) mass is 324 g/mol. The van der Waals surface area contributed by atoms with Gasteiger partial charge in [-0.25, -0.2) is 0 Å². The van der Waals surface area contributed by atoms with E-state index in [4.69, 9.17) is 11.6 Å². The maximum atomic E-state index is 12.1. The molecule has 0 bridgehead atoms. The summed E-state index contributed by atoms with van der Waals surface area (Å²) in [5, 5.41) is 15.8. The van der Waals surface area contributed by atoms with Gasteiger partial charge in [-0.15, -0.1) is 0 Å². The van der Waals surface area contributed by atoms with Crippen LogP contribution in [-0.4, -0.2) is 35.1 Å². The normalized spacial score (nSPS) is 17.8. The van der Waals surface area contributed by atoms with Crippen LogP contribution in [-0.2, 0) is 4.79 Å². The molecular formula is C16H21ClN2O3. The van der Waals surface area contributed by atoms with Crippen LogP contribution in [0.3, 0.4) is 0 Å². The van der Waals surface area contributed by atoms with Gasteiger partial charge in [0.25, 0.3) is 5.91 Å². The third-order valence-corrected chi connectivity index (χ3v) is 4.31. The van der Waals surface area contributed by atoms with Gasteiger partial charge in [0, 0.05) is 6.54 Å². The quantitative estimate of drug-likeness (QED) is 0.774. The molecule has 0 heterocycles. The van der Waals surface area contributed by atoms with Crippen molar-refractivity contribution in [3.05, 3.63) is 34.9 Å². The van der Waals surface area contributed by atoms with Crippen molar-refractivity contribution in [3.63, 3.8) is 0 Å². The number of halogens is 1. The van der Waals surface area contributed by atoms with Crippen LogP contribution < -0.4 is 10.6 Å². The van der Waals surface area contributed by atoms with Gasteiger partial charge in [-0.05, 0) is 31.9 Å². The Morgan fingerprint density at radius 1 is 1.32 bits per heavy atom. The maximum Gasteiger partial charge on any atom is 0.253 e. The van der Waals surface area contributed by atoms with Crippen molar-refractivity contribution in [2.75, 3.05) is 6.54 Å². The number of rotatable bonds is 5. The predicted octanol–water partition coefficient (Wildman–Crippen LogP) is 1.88. The summed E-state index contributed by atoms with van der Waals surface area (Å²) >= 11 is 5.95. The molecule has 1 aromatic carbocycles. The molecule has 5 nitrogen and oxygen atoms in total. The first-order chi connectivity index (χ1) is 10.4. The molecule has 0 aromatic heterocycles. The highest BCUT2D eigenvalue weighted by molar-refractivity contribution is 6.33. The summed E-state index contributed by atoms with van der Waals surface area (Å²) < 4.78 is 0. The van der Waals surface area contributed by atoms with E-state index in [-0.39, 0.29) is 12.5 Å². The van der Waals surface area contributed by atoms with Gasteiger partial charge in [-0.3, -0.25) is 9.59 Å². The van der Waals surface area contributed by atoms with Crippen molar-refractivity contribution in [3.8, 4) is 0 Å². The van der Waals surface area contributed by atoms with Crippen LogP contribution in [0.2, 0.25) is 5.02 Å². The Hall–Kier alpha value is -1.59. The third kappa shape index (κ3) is 4.21. The van der Waals surface area contributed by atoms with Crippen molar-refractivity contribution < 1.29 is 14.7 Å². The molecule has 2 amide bonds. The van der Waals surface area contributed by atoms with Gasteiger partial charge in [0.05, 0.1) is 16.2 Å². The second kappa shape index (κ2) is 7.11. The highest BCUT2D eigenvalue weighted by atomic mass is 35.5. The maximum absolute atomic E-state index is 12.1. The van der Waals surface area contributed by atoms with Crippen LogP contribution in [0.25, 0.3) is 0 Å². The minimum atomic E-state index is -0.803. The van der Waals surface area contributed by atoms with E-state index >= 15 is 0 Å². The summed E-state index contributed by atoms with van der Waals surface area (Å²) in [6.07, 6.45) is 3.36. The van der Waals surface area contributed by atoms with Gasteiger partial charge in [0.2, 0.25) is 5.91 Å². The summed E-state index contributed by atoms with van der Waals surface area (Å²) in [4.78, 5) is 24.1. The summed E-state index contributed by atoms with van der Waals surface area (Å²) in [6, 6.07) is 5.97. The Labute approximate surface area is 135 Å². The molecule has 1 unspecified atom stereocenters. The molecule has 1 aromatic rings. The van der Waals surface area contributed by atoms with E-state index in [0.717, 1.165) is 12.8 Å². The number of hydrogen-bond donors (Lipinski definition) is 3. The second-order valence-corrected chi connectivity index (χ2v) is 6.23. The molecule has 1 aliphatic rings. The molecule has 1 saturated carbocycles. The van der Waals surface area contributed by atoms with E-state index in [1.54, 1.807) is 31.2 Å². The van der Waals surface area contributed by atoms with Gasteiger partial charge in [-0.1, -0.05) is 36.6 Å². The van der Waals surface area contributed by atoms with Crippen molar-refractivity contribution in [2.24, 2.45) is 0 Å². The zero-order valence-electron chi connectivity index (χ0n) is 12.6. The van der Waals surface area contributed by atoms with Gasteiger partial charge in [0.1, 0.15) is 6.04 Å². The van der Waals surface area contributed by atoms with Crippen molar-refractivity contribution in [2.45, 2.75) is 44.2 Å². The topological polar surface area (TPSA) is 78.4 Å². The van der Waals surface area contributed by atoms with Crippen molar-refractivity contribution in [1.82, 2.24) is 10.6 Å². The molecular weight excluding hydrogens is 304 g/mol. The Morgan fingerprint density at radius 3 is 2.59 bits per heavy atom. The first-order valence-electron chi connectivity index (χ1n) is 7.47. The highest BCUT2D eigenvalue weighted by Gasteiger charge is 2.31. The fraction of sp³-hybridized carbons (Fsp3) is 0.500. The minimum Gasteiger partial charge on any atom is -0.388 e. The predicted molar refractivity (Wildman–Crippen MR) is 84.8 cm³/mol. The number of aliphatic hydroxyl groups is 1. The Balaban J connectivity index is 1.86. The molecule has 1 atom stereocenters. The molecule has 0 spiro atoms. The van der Waals surface area contributed by atoms with E-state index < -0.39 is 17.6 Å². The molecule has 3 N–H and O–H groups in total. The van der Waals surface area contributed by atoms with Crippen LogP contribution >= 0.6 is 11.6 Å². The Bertz CT molecular complexity index is 556. The van der Waals surface area contributed by atoms with Crippen LogP contribution in [0, 0.1) is 0 Å². The first kappa shape index (κ1) is 16.8. The number of nitrogens with one attached hydrogen (secondary N) is 2. The van der Waals surface area contributed by atoms with Gasteiger partial charge in [-0.2, -0.15) is 0 Å². The molecule has 0 radical (unpaired) electrons. The van der Waals surface area contributed by atoms with E-state index in [0.29, 0.717) is 23.4 Å². The van der Waals surface area contributed by atoms with E-state index in [2.05, 4.69) is 10.6 Å². The first-order valence-corrected chi connectivity index (χ1v) is 7.85. The standard InChI is InChI=1S/C16H21ClN2O3/c1-11(14(20)18-10-16(22)8-4-5-9-16)19-15(21)12-6-2-3-7-13(12)17/h2-3,6-7,11,22H,4-5,8-10H2,1H3,(H,18,20)(H,19,21). The van der Waals surface area contributed by atoms with Crippen molar-refractivity contribution >= 4 is 23.4 Å². The zero-order valence-corrected chi connectivity index (χ0v) is 13.3. The Kier molecular flexibility index (Phi) is 5.42. The molecule has 22 heavy (non-hydrogen) atoms. The molecule has 1 fully saturated rings. The number of amides is 2. The van der Waals surface area contributed by atoms with Gasteiger partial charge in [0.15, 0.2) is 0 Å². The molecule has 1 aliphatic carbocycles. The van der Waals surface area contributed by atoms with E-state index in [9.17, 15) is 14.7 Å². The van der Waals surface area contributed by atoms with E-state index in [1.807, 2.05) is 0 Å². The van der Waals surface area contributed by atoms with Gasteiger partial charge >= 0.3 is 0 Å². The lowest BCUT2D eigenvalue weighted by Gasteiger charge is -2.23. The molecule has 0 aliphatic heterocycles. The minimum absolute atomic E-state index is 0.220. The lowest BCUT2D eigenvalue weighted by molar-refractivity contribution is -0.123. The second-order valence-electron chi connectivity index (χ2n) is 5.82. The fourth-order valence-corrected chi connectivity index (χ4v) is 2.82. The molecule has 0 saturated heterocycles. The van der Waals surface area contributed by atoms with Crippen LogP contribution in [0.4, 0.5) is 0 Å². The largest absolute Gasteiger partial charge is 0.388 e. The molecule has 6 heteroatoms. The number of benzene rings is 1. The average Bonchev–Trinajstić information content (AvgIpc) is 2.92. The van der Waals surface area contributed by atoms with E-state index in [1.165, 1.54) is 0 Å². The fourth-order valence-electron chi connectivity index (χ4n) is 2.60. The summed E-state index contributed by atoms with van der Waals surface area (Å²) in [5.74, 6) is -0.714. The Morgan fingerprint density at radius 2 is 1.95 bits per heavy atom. The van der Waals surface area contributed by atoms with Crippen LogP contribution in [0.1, 0.15) is 43.0 Å². The van der Waals surface area contributed by atoms with Crippen LogP contribution in [0.5, 0.6) is 0 Å². The van der Waals surface area contributed by atoms with Crippen LogP contribution in [0.15, 0.2) is 24.3 Å². The average molecular weight is 325 g/mol. The summed E-state index contributed by atoms with van der Waals surface area (Å²) in [6.45, 7) is 1.82. The smallest absolute Gasteiger partial charge is 0.253 e. The SMILES string of the molecule is CC(NC(=O)c1ccccc1Cl)C(=O)NCC1(O)CCCC1. The lowest BCUT2D eigenvalue weighted by Crippen LogP contribution is -2.49. The summed E-state index contributed by atoms with van der Waals surface area (Å²) in [7, 11) is 0. The number of carbonyl (C=O) groups excluding carboxylic acids is 2. The third-order valence-electron chi connectivity index (χ3n) is 3.99. The molecule has 2 rings (SSSR count). The lowest BCUT2D eigenvalue weighted by atomic mass is 10.0. The molecule has 120 valence electrons. The van der Waals surface area contributed by atoms with Crippen molar-refractivity contribution in [1.29, 1.82) is 0 Å². The van der Waals surface area contributed by atoms with Gasteiger partial charge < -0.3 is 15.7 Å².